The number of hydrogen-bond acceptors (Lipinski definition) is 4. The SMILES string of the molecule is COc1ccc(Br)c(Nc2ccc(N)c(C#N)c2)c1. The third-order valence-corrected chi connectivity index (χ3v) is 3.32. The Labute approximate surface area is 119 Å². The number of anilines is 3. The van der Waals surface area contributed by atoms with Crippen LogP contribution >= 0.6 is 15.9 Å². The molecule has 0 bridgehead atoms. The Hall–Kier alpha value is -2.19. The molecule has 0 saturated heterocycles. The molecule has 0 unspecified atom stereocenters. The monoisotopic (exact) mass is 317 g/mol. The van der Waals surface area contributed by atoms with Crippen molar-refractivity contribution in [1.29, 1.82) is 5.26 Å². The molecule has 0 aliphatic rings. The van der Waals surface area contributed by atoms with Crippen LogP contribution in [0.4, 0.5) is 17.1 Å². The molecule has 0 aliphatic carbocycles. The molecule has 0 saturated carbocycles. The number of nitrogen functional groups attached to an aromatic ring is 1. The van der Waals surface area contributed by atoms with E-state index >= 15 is 0 Å². The van der Waals surface area contributed by atoms with E-state index in [2.05, 4.69) is 27.3 Å². The molecule has 2 aromatic rings. The third kappa shape index (κ3) is 2.98. The van der Waals surface area contributed by atoms with Crippen molar-refractivity contribution in [2.24, 2.45) is 0 Å². The lowest BCUT2D eigenvalue weighted by Gasteiger charge is -2.11. The van der Waals surface area contributed by atoms with Crippen molar-refractivity contribution in [1.82, 2.24) is 0 Å². The van der Waals surface area contributed by atoms with Gasteiger partial charge < -0.3 is 15.8 Å². The number of nitrogens with two attached hydrogens (primary N) is 1. The molecule has 96 valence electrons. The van der Waals surface area contributed by atoms with Gasteiger partial charge in [0.2, 0.25) is 0 Å². The van der Waals surface area contributed by atoms with Gasteiger partial charge in [0, 0.05) is 21.9 Å². The van der Waals surface area contributed by atoms with Crippen LogP contribution in [0.15, 0.2) is 40.9 Å². The summed E-state index contributed by atoms with van der Waals surface area (Å²) in [6.45, 7) is 0. The molecule has 0 fully saturated rings. The third-order valence-electron chi connectivity index (χ3n) is 2.63. The Balaban J connectivity index is 2.33. The minimum atomic E-state index is 0.448. The Morgan fingerprint density at radius 2 is 2.05 bits per heavy atom. The Kier molecular flexibility index (Phi) is 3.93. The van der Waals surface area contributed by atoms with Crippen LogP contribution in [-0.2, 0) is 0 Å². The molecule has 0 atom stereocenters. The molecule has 0 aliphatic heterocycles. The first kappa shape index (κ1) is 13.2. The van der Waals surface area contributed by atoms with Crippen molar-refractivity contribution < 1.29 is 4.74 Å². The first-order valence-corrected chi connectivity index (χ1v) is 6.33. The van der Waals surface area contributed by atoms with E-state index in [1.54, 1.807) is 19.2 Å². The summed E-state index contributed by atoms with van der Waals surface area (Å²) in [5.41, 5.74) is 8.25. The Morgan fingerprint density at radius 3 is 2.74 bits per heavy atom. The summed E-state index contributed by atoms with van der Waals surface area (Å²) in [6, 6.07) is 12.9. The zero-order valence-electron chi connectivity index (χ0n) is 10.3. The van der Waals surface area contributed by atoms with Gasteiger partial charge >= 0.3 is 0 Å². The maximum atomic E-state index is 8.96. The quantitative estimate of drug-likeness (QED) is 0.847. The number of nitrogens with zero attached hydrogens (tertiary/aromatic N) is 1. The molecule has 4 nitrogen and oxygen atoms in total. The highest BCUT2D eigenvalue weighted by Crippen LogP contribution is 2.30. The topological polar surface area (TPSA) is 71.1 Å². The molecule has 0 radical (unpaired) electrons. The van der Waals surface area contributed by atoms with E-state index < -0.39 is 0 Å². The Morgan fingerprint density at radius 1 is 1.26 bits per heavy atom. The number of nitriles is 1. The van der Waals surface area contributed by atoms with Gasteiger partial charge in [-0.1, -0.05) is 0 Å². The van der Waals surface area contributed by atoms with E-state index in [9.17, 15) is 0 Å². The number of methoxy groups -OCH3 is 1. The first-order valence-electron chi connectivity index (χ1n) is 5.54. The van der Waals surface area contributed by atoms with Crippen molar-refractivity contribution in [3.05, 3.63) is 46.4 Å². The van der Waals surface area contributed by atoms with Gasteiger partial charge in [-0.05, 0) is 46.3 Å². The number of benzene rings is 2. The lowest BCUT2D eigenvalue weighted by molar-refractivity contribution is 0.415. The highest BCUT2D eigenvalue weighted by molar-refractivity contribution is 9.10. The largest absolute Gasteiger partial charge is 0.497 e. The van der Waals surface area contributed by atoms with Gasteiger partial charge in [0.15, 0.2) is 0 Å². The zero-order chi connectivity index (χ0) is 13.8. The standard InChI is InChI=1S/C14H12BrN3O/c1-19-11-3-4-12(15)14(7-11)18-10-2-5-13(17)9(6-10)8-16/h2-7,18H,17H2,1H3. The molecular weight excluding hydrogens is 306 g/mol. The molecule has 0 amide bonds. The molecule has 3 N–H and O–H groups in total. The zero-order valence-corrected chi connectivity index (χ0v) is 11.9. The van der Waals surface area contributed by atoms with Crippen LogP contribution in [-0.4, -0.2) is 7.11 Å². The molecule has 2 rings (SSSR count). The average molecular weight is 318 g/mol. The molecule has 2 aromatic carbocycles. The minimum Gasteiger partial charge on any atom is -0.497 e. The number of ether oxygens (including phenoxy) is 1. The van der Waals surface area contributed by atoms with E-state index in [4.69, 9.17) is 15.7 Å². The van der Waals surface area contributed by atoms with Crippen molar-refractivity contribution >= 4 is 33.0 Å². The van der Waals surface area contributed by atoms with E-state index in [1.807, 2.05) is 24.3 Å². The lowest BCUT2D eigenvalue weighted by atomic mass is 10.1. The molecule has 0 spiro atoms. The molecule has 5 heteroatoms. The highest BCUT2D eigenvalue weighted by atomic mass is 79.9. The maximum Gasteiger partial charge on any atom is 0.121 e. The van der Waals surface area contributed by atoms with Crippen LogP contribution in [0.1, 0.15) is 5.56 Å². The van der Waals surface area contributed by atoms with Crippen LogP contribution in [0.5, 0.6) is 5.75 Å². The van der Waals surface area contributed by atoms with Gasteiger partial charge in [-0.2, -0.15) is 5.26 Å². The van der Waals surface area contributed by atoms with Crippen LogP contribution in [0, 0.1) is 11.3 Å². The van der Waals surface area contributed by atoms with Crippen LogP contribution < -0.4 is 15.8 Å². The van der Waals surface area contributed by atoms with Gasteiger partial charge in [0.1, 0.15) is 11.8 Å². The molecule has 0 heterocycles. The second-order valence-corrected chi connectivity index (χ2v) is 4.74. The first-order chi connectivity index (χ1) is 9.13. The molecule has 19 heavy (non-hydrogen) atoms. The minimum absolute atomic E-state index is 0.448. The van der Waals surface area contributed by atoms with Crippen LogP contribution in [0.25, 0.3) is 0 Å². The summed E-state index contributed by atoms with van der Waals surface area (Å²) in [7, 11) is 1.62. The fraction of sp³-hybridized carbons (Fsp3) is 0.0714. The van der Waals surface area contributed by atoms with Gasteiger partial charge in [-0.15, -0.1) is 0 Å². The molecular formula is C14H12BrN3O. The number of rotatable bonds is 3. The van der Waals surface area contributed by atoms with Gasteiger partial charge in [0.05, 0.1) is 18.4 Å². The van der Waals surface area contributed by atoms with Crippen LogP contribution in [0.3, 0.4) is 0 Å². The van der Waals surface area contributed by atoms with Crippen molar-refractivity contribution in [3.63, 3.8) is 0 Å². The van der Waals surface area contributed by atoms with Gasteiger partial charge in [-0.3, -0.25) is 0 Å². The number of nitrogens with one attached hydrogen (secondary N) is 1. The normalized spacial score (nSPS) is 9.74. The summed E-state index contributed by atoms with van der Waals surface area (Å²) in [5, 5.41) is 12.2. The second kappa shape index (κ2) is 5.63. The average Bonchev–Trinajstić information content (AvgIpc) is 2.43. The number of halogens is 1. The summed E-state index contributed by atoms with van der Waals surface area (Å²) < 4.78 is 6.08. The summed E-state index contributed by atoms with van der Waals surface area (Å²) in [6.07, 6.45) is 0. The smallest absolute Gasteiger partial charge is 0.121 e. The fourth-order valence-electron chi connectivity index (χ4n) is 1.61. The summed E-state index contributed by atoms with van der Waals surface area (Å²) in [5.74, 6) is 0.752. The van der Waals surface area contributed by atoms with Crippen molar-refractivity contribution in [2.75, 3.05) is 18.2 Å². The number of hydrogen-bond donors (Lipinski definition) is 2. The second-order valence-electron chi connectivity index (χ2n) is 3.88. The van der Waals surface area contributed by atoms with E-state index in [1.165, 1.54) is 0 Å². The Bertz CT molecular complexity index is 650. The molecule has 0 aromatic heterocycles. The van der Waals surface area contributed by atoms with E-state index in [0.717, 1.165) is 21.6 Å². The lowest BCUT2D eigenvalue weighted by Crippen LogP contribution is -1.96. The van der Waals surface area contributed by atoms with Gasteiger partial charge in [-0.25, -0.2) is 0 Å². The highest BCUT2D eigenvalue weighted by Gasteiger charge is 2.05. The summed E-state index contributed by atoms with van der Waals surface area (Å²) in [4.78, 5) is 0. The van der Waals surface area contributed by atoms with Crippen LogP contribution in [0.2, 0.25) is 0 Å². The predicted molar refractivity (Wildman–Crippen MR) is 79.5 cm³/mol. The predicted octanol–water partition coefficient (Wildman–Crippen LogP) is 3.66. The van der Waals surface area contributed by atoms with Crippen molar-refractivity contribution in [3.8, 4) is 11.8 Å². The van der Waals surface area contributed by atoms with E-state index in [0.29, 0.717) is 11.3 Å². The van der Waals surface area contributed by atoms with Crippen molar-refractivity contribution in [2.45, 2.75) is 0 Å². The van der Waals surface area contributed by atoms with Gasteiger partial charge in [0.25, 0.3) is 0 Å². The maximum absolute atomic E-state index is 8.96. The fourth-order valence-corrected chi connectivity index (χ4v) is 1.96. The van der Waals surface area contributed by atoms with E-state index in [-0.39, 0.29) is 0 Å². The summed E-state index contributed by atoms with van der Waals surface area (Å²) >= 11 is 3.46.